The first-order chi connectivity index (χ1) is 8.63. The molecule has 0 saturated heterocycles. The Morgan fingerprint density at radius 1 is 1.50 bits per heavy atom. The number of hydrogen-bond donors (Lipinski definition) is 1. The van der Waals surface area contributed by atoms with E-state index in [9.17, 15) is 4.79 Å². The molecule has 2 rings (SSSR count). The van der Waals surface area contributed by atoms with Crippen molar-refractivity contribution in [3.63, 3.8) is 0 Å². The number of rotatable bonds is 4. The van der Waals surface area contributed by atoms with Gasteiger partial charge in [0.05, 0.1) is 17.6 Å². The van der Waals surface area contributed by atoms with Gasteiger partial charge in [0.1, 0.15) is 5.56 Å². The molecule has 0 aliphatic heterocycles. The van der Waals surface area contributed by atoms with Crippen molar-refractivity contribution in [2.45, 2.75) is 19.8 Å². The van der Waals surface area contributed by atoms with E-state index >= 15 is 0 Å². The Hall–Kier alpha value is -1.62. The van der Waals surface area contributed by atoms with Gasteiger partial charge in [-0.2, -0.15) is 5.10 Å². The maximum Gasteiger partial charge on any atom is 0.339 e. The molecule has 0 unspecified atom stereocenters. The van der Waals surface area contributed by atoms with Crippen LogP contribution in [0.15, 0.2) is 34.9 Å². The number of aromatic carboxylic acids is 1. The average Bonchev–Trinajstić information content (AvgIpc) is 2.73. The predicted octanol–water partition coefficient (Wildman–Crippen LogP) is 3.29. The average molecular weight is 309 g/mol. The number of hydrogen-bond acceptors (Lipinski definition) is 2. The van der Waals surface area contributed by atoms with Crippen molar-refractivity contribution in [3.8, 4) is 5.69 Å². The summed E-state index contributed by atoms with van der Waals surface area (Å²) < 4.78 is 2.63. The van der Waals surface area contributed by atoms with Crippen LogP contribution < -0.4 is 0 Å². The van der Waals surface area contributed by atoms with Crippen LogP contribution in [0.4, 0.5) is 0 Å². The quantitative estimate of drug-likeness (QED) is 0.943. The van der Waals surface area contributed by atoms with Crippen LogP contribution in [0.25, 0.3) is 5.69 Å². The highest BCUT2D eigenvalue weighted by Crippen LogP contribution is 2.20. The van der Waals surface area contributed by atoms with Crippen LogP contribution in [0.1, 0.15) is 29.4 Å². The summed E-state index contributed by atoms with van der Waals surface area (Å²) in [6, 6.07) is 7.64. The van der Waals surface area contributed by atoms with Gasteiger partial charge < -0.3 is 5.11 Å². The summed E-state index contributed by atoms with van der Waals surface area (Å²) in [7, 11) is 0. The first-order valence-corrected chi connectivity index (χ1v) is 6.49. The Morgan fingerprint density at radius 2 is 2.28 bits per heavy atom. The van der Waals surface area contributed by atoms with Gasteiger partial charge in [-0.15, -0.1) is 0 Å². The van der Waals surface area contributed by atoms with E-state index in [1.54, 1.807) is 4.68 Å². The van der Waals surface area contributed by atoms with Gasteiger partial charge in [0, 0.05) is 4.47 Å². The fraction of sp³-hybridized carbons (Fsp3) is 0.231. The van der Waals surface area contributed by atoms with E-state index in [2.05, 4.69) is 21.0 Å². The molecule has 94 valence electrons. The fourth-order valence-corrected chi connectivity index (χ4v) is 2.25. The third kappa shape index (κ3) is 2.46. The highest BCUT2D eigenvalue weighted by Gasteiger charge is 2.16. The number of carbonyl (C=O) groups is 1. The lowest BCUT2D eigenvalue weighted by molar-refractivity contribution is 0.0695. The molecule has 0 atom stereocenters. The minimum absolute atomic E-state index is 0.275. The number of aromatic nitrogens is 2. The molecular weight excluding hydrogens is 296 g/mol. The Kier molecular flexibility index (Phi) is 3.81. The van der Waals surface area contributed by atoms with Crippen LogP contribution in [0, 0.1) is 0 Å². The molecule has 5 heteroatoms. The van der Waals surface area contributed by atoms with Crippen LogP contribution in [-0.2, 0) is 6.42 Å². The number of carboxylic acid groups (broad SMARTS) is 1. The van der Waals surface area contributed by atoms with Gasteiger partial charge in [0.2, 0.25) is 0 Å². The monoisotopic (exact) mass is 308 g/mol. The molecule has 1 heterocycles. The van der Waals surface area contributed by atoms with Gasteiger partial charge in [-0.1, -0.05) is 35.3 Å². The second kappa shape index (κ2) is 5.35. The smallest absolute Gasteiger partial charge is 0.339 e. The lowest BCUT2D eigenvalue weighted by Gasteiger charge is -2.08. The van der Waals surface area contributed by atoms with Crippen molar-refractivity contribution in [2.24, 2.45) is 0 Å². The summed E-state index contributed by atoms with van der Waals surface area (Å²) in [5.41, 5.74) is 1.88. The zero-order chi connectivity index (χ0) is 13.1. The molecule has 0 fully saturated rings. The molecule has 1 N–H and O–H groups in total. The van der Waals surface area contributed by atoms with Crippen molar-refractivity contribution in [1.29, 1.82) is 0 Å². The summed E-state index contributed by atoms with van der Waals surface area (Å²) >= 11 is 3.40. The van der Waals surface area contributed by atoms with E-state index in [0.717, 1.165) is 22.3 Å². The van der Waals surface area contributed by atoms with Gasteiger partial charge in [0.15, 0.2) is 0 Å². The fourth-order valence-electron chi connectivity index (χ4n) is 1.86. The van der Waals surface area contributed by atoms with E-state index in [0.29, 0.717) is 6.42 Å². The first kappa shape index (κ1) is 12.8. The molecule has 1 aromatic carbocycles. The Balaban J connectivity index is 2.54. The molecule has 0 radical (unpaired) electrons. The molecule has 0 bridgehead atoms. The van der Waals surface area contributed by atoms with E-state index in [1.807, 2.05) is 31.2 Å². The highest BCUT2D eigenvalue weighted by atomic mass is 79.9. The number of benzene rings is 1. The van der Waals surface area contributed by atoms with E-state index in [1.165, 1.54) is 6.20 Å². The van der Waals surface area contributed by atoms with Crippen molar-refractivity contribution in [1.82, 2.24) is 9.78 Å². The molecule has 4 nitrogen and oxygen atoms in total. The molecule has 0 aliphatic carbocycles. The van der Waals surface area contributed by atoms with Crippen LogP contribution in [-0.4, -0.2) is 20.9 Å². The zero-order valence-corrected chi connectivity index (χ0v) is 11.5. The maximum atomic E-state index is 11.1. The summed E-state index contributed by atoms with van der Waals surface area (Å²) in [5.74, 6) is -0.931. The summed E-state index contributed by atoms with van der Waals surface area (Å²) in [5, 5.41) is 13.3. The molecule has 0 saturated carbocycles. The topological polar surface area (TPSA) is 55.1 Å². The molecule has 1 aromatic heterocycles. The molecule has 2 aromatic rings. The molecule has 0 spiro atoms. The highest BCUT2D eigenvalue weighted by molar-refractivity contribution is 9.10. The molecule has 0 amide bonds. The molecule has 0 aliphatic rings. The van der Waals surface area contributed by atoms with Crippen LogP contribution in [0.3, 0.4) is 0 Å². The number of carboxylic acids is 1. The third-order valence-corrected chi connectivity index (χ3v) is 3.13. The first-order valence-electron chi connectivity index (χ1n) is 5.69. The minimum atomic E-state index is -0.931. The Labute approximate surface area is 113 Å². The van der Waals surface area contributed by atoms with Gasteiger partial charge in [-0.05, 0) is 24.6 Å². The van der Waals surface area contributed by atoms with Crippen molar-refractivity contribution >= 4 is 21.9 Å². The van der Waals surface area contributed by atoms with E-state index in [4.69, 9.17) is 5.11 Å². The van der Waals surface area contributed by atoms with Gasteiger partial charge >= 0.3 is 5.97 Å². The third-order valence-electron chi connectivity index (χ3n) is 2.64. The van der Waals surface area contributed by atoms with Gasteiger partial charge in [0.25, 0.3) is 0 Å². The van der Waals surface area contributed by atoms with E-state index in [-0.39, 0.29) is 5.56 Å². The number of nitrogens with zero attached hydrogens (tertiary/aromatic N) is 2. The minimum Gasteiger partial charge on any atom is -0.478 e. The Morgan fingerprint density at radius 3 is 2.89 bits per heavy atom. The zero-order valence-electron chi connectivity index (χ0n) is 9.93. The maximum absolute atomic E-state index is 11.1. The summed E-state index contributed by atoms with van der Waals surface area (Å²) in [6.07, 6.45) is 2.97. The lowest BCUT2D eigenvalue weighted by Crippen LogP contribution is -2.06. The van der Waals surface area contributed by atoms with Crippen LogP contribution >= 0.6 is 15.9 Å². The largest absolute Gasteiger partial charge is 0.478 e. The van der Waals surface area contributed by atoms with Gasteiger partial charge in [-0.25, -0.2) is 9.48 Å². The standard InChI is InChI=1S/C13H13BrN2O2/c1-2-4-12-11(13(17)18)8-15-16(12)10-6-3-5-9(14)7-10/h3,5-8H,2,4H2,1H3,(H,17,18). The van der Waals surface area contributed by atoms with Crippen molar-refractivity contribution in [2.75, 3.05) is 0 Å². The second-order valence-corrected chi connectivity index (χ2v) is 4.87. The van der Waals surface area contributed by atoms with Crippen LogP contribution in [0.2, 0.25) is 0 Å². The predicted molar refractivity (Wildman–Crippen MR) is 72.2 cm³/mol. The van der Waals surface area contributed by atoms with Crippen LogP contribution in [0.5, 0.6) is 0 Å². The van der Waals surface area contributed by atoms with Crippen molar-refractivity contribution in [3.05, 3.63) is 46.2 Å². The van der Waals surface area contributed by atoms with Crippen molar-refractivity contribution < 1.29 is 9.90 Å². The number of halogens is 1. The molecule has 18 heavy (non-hydrogen) atoms. The summed E-state index contributed by atoms with van der Waals surface area (Å²) in [4.78, 5) is 11.1. The Bertz CT molecular complexity index is 578. The SMILES string of the molecule is CCCc1c(C(=O)O)cnn1-c1cccc(Br)c1. The van der Waals surface area contributed by atoms with Gasteiger partial charge in [-0.3, -0.25) is 0 Å². The summed E-state index contributed by atoms with van der Waals surface area (Å²) in [6.45, 7) is 2.02. The normalized spacial score (nSPS) is 10.6. The molecular formula is C13H13BrN2O2. The lowest BCUT2D eigenvalue weighted by atomic mass is 10.1. The van der Waals surface area contributed by atoms with E-state index < -0.39 is 5.97 Å². The second-order valence-electron chi connectivity index (χ2n) is 3.95.